The second-order valence-corrected chi connectivity index (χ2v) is 22.3. The van der Waals surface area contributed by atoms with Crippen LogP contribution in [0.2, 0.25) is 0 Å². The smallest absolute Gasteiger partial charge is 0.351 e. The molecule has 10 rings (SSSR count). The van der Waals surface area contributed by atoms with Crippen molar-refractivity contribution >= 4 is 69.1 Å². The lowest BCUT2D eigenvalue weighted by Gasteiger charge is -2.39. The minimum Gasteiger partial charge on any atom is -0.460 e. The summed E-state index contributed by atoms with van der Waals surface area (Å²) in [6.07, 6.45) is 0. The molecular weight excluding hydrogens is 861 g/mol. The van der Waals surface area contributed by atoms with Crippen LogP contribution in [0.25, 0.3) is 44.9 Å². The maximum Gasteiger partial charge on any atom is 0.351 e. The van der Waals surface area contributed by atoms with E-state index in [1.807, 2.05) is 69.3 Å². The van der Waals surface area contributed by atoms with E-state index >= 15 is 0 Å². The van der Waals surface area contributed by atoms with Gasteiger partial charge in [-0.2, -0.15) is 0 Å². The van der Waals surface area contributed by atoms with Crippen LogP contribution < -0.4 is 16.0 Å². The summed E-state index contributed by atoms with van der Waals surface area (Å²) < 4.78 is 25.2. The van der Waals surface area contributed by atoms with Crippen molar-refractivity contribution in [2.75, 3.05) is 7.05 Å². The topological polar surface area (TPSA) is 169 Å². The Labute approximate surface area is 383 Å². The largest absolute Gasteiger partial charge is 0.460 e. The third-order valence-corrected chi connectivity index (χ3v) is 15.9. The molecule has 4 amide bonds. The van der Waals surface area contributed by atoms with Gasteiger partial charge in [0, 0.05) is 33.6 Å². The Kier molecular flexibility index (Phi) is 9.40. The standard InChI is InChI=1S/C51H48N4O8S2/c1-48(2,3)32-20-15-26(62-32)29-17-18-30(64-29)41-36-37(45(57)53-41)42(54-44(36)56)31-19-23-35(65-31)51(9,10)50(7,8)34-22-14-25(61-34)24-12-13-27(60-24)40-38-39(46(58)52-40)43(55(11)47(38)59)28-16-21-33(63-28)49(4,5)6/h12-23H,1-11H3,(H,52,58)(H,53,57)(H,54,56)/p+2. The quantitative estimate of drug-likeness (QED) is 0.130. The fourth-order valence-electron chi connectivity index (χ4n) is 8.75. The molecule has 332 valence electrons. The van der Waals surface area contributed by atoms with Gasteiger partial charge in [0.1, 0.15) is 51.0 Å². The zero-order valence-electron chi connectivity index (χ0n) is 38.1. The number of carbonyl (C=O) groups excluding carboxylic acids is 4. The zero-order chi connectivity index (χ0) is 46.3. The Balaban J connectivity index is 0.904. The van der Waals surface area contributed by atoms with Crippen LogP contribution in [0, 0.1) is 0 Å². The maximum atomic E-state index is 13.7. The van der Waals surface area contributed by atoms with Gasteiger partial charge in [-0.3, -0.25) is 9.59 Å². The van der Waals surface area contributed by atoms with Crippen LogP contribution in [-0.2, 0) is 40.8 Å². The second kappa shape index (κ2) is 14.3. The van der Waals surface area contributed by atoms with Crippen LogP contribution >= 0.6 is 22.7 Å². The molecule has 6 aromatic rings. The number of carbonyl (C=O) groups is 4. The molecule has 4 aliphatic rings. The summed E-state index contributed by atoms with van der Waals surface area (Å²) in [7, 11) is 1.65. The minimum absolute atomic E-state index is 0.127. The number of nitrogens with one attached hydrogen (secondary N) is 1. The number of amides is 4. The van der Waals surface area contributed by atoms with Gasteiger partial charge < -0.3 is 27.9 Å². The average molecular weight is 911 g/mol. The van der Waals surface area contributed by atoms with Crippen LogP contribution in [0.15, 0.2) is 113 Å². The van der Waals surface area contributed by atoms with E-state index in [0.717, 1.165) is 42.5 Å². The van der Waals surface area contributed by atoms with E-state index in [9.17, 15) is 19.2 Å². The van der Waals surface area contributed by atoms with Crippen molar-refractivity contribution in [2.45, 2.75) is 90.9 Å². The van der Waals surface area contributed by atoms with E-state index < -0.39 is 10.8 Å². The third kappa shape index (κ3) is 6.59. The molecule has 0 atom stereocenters. The summed E-state index contributed by atoms with van der Waals surface area (Å²) in [4.78, 5) is 59.6. The summed E-state index contributed by atoms with van der Waals surface area (Å²) in [6, 6.07) is 22.9. The number of hydrogen-bond acceptors (Lipinski definition) is 10. The molecule has 14 heteroatoms. The molecule has 10 heterocycles. The lowest BCUT2D eigenvalue weighted by atomic mass is 9.66. The van der Waals surface area contributed by atoms with Crippen LogP contribution in [0.3, 0.4) is 0 Å². The fourth-order valence-corrected chi connectivity index (χ4v) is 11.0. The van der Waals surface area contributed by atoms with Crippen molar-refractivity contribution in [1.29, 1.82) is 0 Å². The highest BCUT2D eigenvalue weighted by molar-refractivity contribution is 7.16. The predicted molar refractivity (Wildman–Crippen MR) is 247 cm³/mol. The maximum absolute atomic E-state index is 13.7. The number of nitrogens with zero attached hydrogens (tertiary/aromatic N) is 1. The minimum atomic E-state index is -0.556. The summed E-state index contributed by atoms with van der Waals surface area (Å²) >= 11 is 3.03. The first-order chi connectivity index (χ1) is 30.5. The van der Waals surface area contributed by atoms with E-state index in [1.165, 1.54) is 32.9 Å². The Morgan fingerprint density at radius 1 is 0.492 bits per heavy atom. The summed E-state index contributed by atoms with van der Waals surface area (Å²) in [5, 5.41) is 6.06. The van der Waals surface area contributed by atoms with Crippen molar-refractivity contribution in [1.82, 2.24) is 10.2 Å². The molecule has 0 radical (unpaired) electrons. The summed E-state index contributed by atoms with van der Waals surface area (Å²) in [5.74, 6) is 3.80. The molecule has 0 spiro atoms. The van der Waals surface area contributed by atoms with Crippen molar-refractivity contribution in [2.24, 2.45) is 0 Å². The van der Waals surface area contributed by atoms with Crippen molar-refractivity contribution < 1.29 is 47.5 Å². The summed E-state index contributed by atoms with van der Waals surface area (Å²) in [6.45, 7) is 21.0. The lowest BCUT2D eigenvalue weighted by Crippen LogP contribution is -2.83. The molecule has 0 aliphatic carbocycles. The number of rotatable bonds is 9. The first-order valence-electron chi connectivity index (χ1n) is 21.5. The van der Waals surface area contributed by atoms with Gasteiger partial charge in [-0.05, 0) is 72.8 Å². The van der Waals surface area contributed by atoms with Crippen molar-refractivity contribution in [3.63, 3.8) is 0 Å². The highest BCUT2D eigenvalue weighted by Crippen LogP contribution is 2.49. The van der Waals surface area contributed by atoms with Gasteiger partial charge in [0.15, 0.2) is 34.4 Å². The van der Waals surface area contributed by atoms with Crippen LogP contribution in [-0.4, -0.2) is 35.6 Å². The molecular formula is C51H50N4O8S2+2. The molecule has 0 unspecified atom stereocenters. The van der Waals surface area contributed by atoms with E-state index in [-0.39, 0.29) is 40.0 Å². The molecule has 0 bridgehead atoms. The van der Waals surface area contributed by atoms with Crippen molar-refractivity contribution in [3.8, 4) is 22.2 Å². The number of nitrogens with two attached hydrogens (primary N) is 2. The first kappa shape index (κ1) is 42.6. The predicted octanol–water partition coefficient (Wildman–Crippen LogP) is 8.42. The Bertz CT molecular complexity index is 3200. The van der Waals surface area contributed by atoms with E-state index in [1.54, 1.807) is 30.6 Å². The Morgan fingerprint density at radius 2 is 1.03 bits per heavy atom. The summed E-state index contributed by atoms with van der Waals surface area (Å²) in [5.41, 5.74) is 1.96. The fraction of sp³-hybridized carbons (Fsp3) is 0.294. The molecule has 5 N–H and O–H groups in total. The molecule has 65 heavy (non-hydrogen) atoms. The normalized spacial score (nSPS) is 17.3. The number of furan rings is 4. The van der Waals surface area contributed by atoms with E-state index in [0.29, 0.717) is 62.5 Å². The number of quaternary nitrogens is 2. The van der Waals surface area contributed by atoms with Crippen LogP contribution in [0.5, 0.6) is 0 Å². The molecule has 0 aromatic carbocycles. The lowest BCUT2D eigenvalue weighted by molar-refractivity contribution is -0.467. The molecule has 0 saturated heterocycles. The van der Waals surface area contributed by atoms with Gasteiger partial charge in [-0.15, -0.1) is 22.7 Å². The zero-order valence-corrected chi connectivity index (χ0v) is 39.7. The Morgan fingerprint density at radius 3 is 1.72 bits per heavy atom. The number of primary amides is 2. The SMILES string of the molecule is CN1C(=O)C2=C(c3ccc(-c4ccc(C(C)(C)C(C)(C)c5ccc(C6=C7C(=O)[NH2+]C(c8ccc(-c9ccc(C(C)(C)C)o9)s8)=C7C(=O)N6)s5)o4)o3)[NH2+]C(=O)C2=C1c1ccc(C(C)(C)C)o1. The van der Waals surface area contributed by atoms with Gasteiger partial charge in [0.2, 0.25) is 0 Å². The van der Waals surface area contributed by atoms with Crippen molar-refractivity contribution in [3.05, 3.63) is 139 Å². The molecule has 12 nitrogen and oxygen atoms in total. The van der Waals surface area contributed by atoms with E-state index in [4.69, 9.17) is 17.7 Å². The van der Waals surface area contributed by atoms with Gasteiger partial charge >= 0.3 is 11.8 Å². The van der Waals surface area contributed by atoms with E-state index in [2.05, 4.69) is 59.8 Å². The molecule has 0 fully saturated rings. The average Bonchev–Trinajstić information content (AvgIpc) is 4.08. The number of thiophene rings is 2. The second-order valence-electron chi connectivity index (χ2n) is 20.1. The number of hydrogen-bond donors (Lipinski definition) is 3. The molecule has 6 aromatic heterocycles. The highest BCUT2D eigenvalue weighted by atomic mass is 32.1. The first-order valence-corrected chi connectivity index (χ1v) is 23.2. The van der Waals surface area contributed by atoms with Crippen LogP contribution in [0.4, 0.5) is 0 Å². The highest BCUT2D eigenvalue weighted by Gasteiger charge is 2.51. The van der Waals surface area contributed by atoms with Gasteiger partial charge in [-0.25, -0.2) is 20.2 Å². The van der Waals surface area contributed by atoms with Gasteiger partial charge in [0.05, 0.1) is 20.3 Å². The Hall–Kier alpha value is -6.32. The number of fused-ring (bicyclic) bond motifs is 2. The van der Waals surface area contributed by atoms with Crippen LogP contribution in [0.1, 0.15) is 113 Å². The van der Waals surface area contributed by atoms with Gasteiger partial charge in [-0.1, -0.05) is 69.2 Å². The third-order valence-electron chi connectivity index (χ3n) is 13.3. The monoisotopic (exact) mass is 910 g/mol. The number of likely N-dealkylation sites (N-methyl/N-ethyl adjacent to an activating group) is 1. The van der Waals surface area contributed by atoms with Gasteiger partial charge in [0.25, 0.3) is 11.8 Å². The molecule has 4 aliphatic heterocycles. The molecule has 0 saturated carbocycles.